The number of nitro groups is 1. The summed E-state index contributed by atoms with van der Waals surface area (Å²) in [5.41, 5.74) is 0.590. The van der Waals surface area contributed by atoms with Crippen LogP contribution in [0.3, 0.4) is 0 Å². The molecule has 1 aliphatic rings. The molecule has 0 radical (unpaired) electrons. The van der Waals surface area contributed by atoms with Crippen molar-refractivity contribution >= 4 is 34.7 Å². The lowest BCUT2D eigenvalue weighted by Gasteiger charge is -2.11. The molecule has 1 unspecified atom stereocenters. The molecule has 0 amide bonds. The number of nitro benzene ring substituents is 1. The number of nitrogens with zero attached hydrogens (tertiary/aromatic N) is 1. The van der Waals surface area contributed by atoms with Crippen LogP contribution in [0.2, 0.25) is 5.02 Å². The molecule has 1 fully saturated rings. The maximum Gasteiger partial charge on any atom is 0.292 e. The number of halogens is 1. The van der Waals surface area contributed by atoms with Crippen molar-refractivity contribution in [3.05, 3.63) is 33.3 Å². The maximum atomic E-state index is 10.8. The van der Waals surface area contributed by atoms with Crippen LogP contribution in [0.1, 0.15) is 12.8 Å². The molecule has 92 valence electrons. The molecule has 2 rings (SSSR count). The minimum absolute atomic E-state index is 0.0809. The Morgan fingerprint density at radius 1 is 1.59 bits per heavy atom. The number of nitrogens with one attached hydrogen (secondary N) is 1. The summed E-state index contributed by atoms with van der Waals surface area (Å²) in [6, 6.07) is 4.58. The number of rotatable bonds is 4. The van der Waals surface area contributed by atoms with Crippen molar-refractivity contribution in [3.63, 3.8) is 0 Å². The van der Waals surface area contributed by atoms with Crippen molar-refractivity contribution in [1.29, 1.82) is 0 Å². The zero-order valence-corrected chi connectivity index (χ0v) is 10.8. The van der Waals surface area contributed by atoms with Gasteiger partial charge in [0.25, 0.3) is 5.69 Å². The van der Waals surface area contributed by atoms with Crippen molar-refractivity contribution in [2.45, 2.75) is 18.1 Å². The molecular weight excluding hydrogens is 260 g/mol. The van der Waals surface area contributed by atoms with E-state index in [0.717, 1.165) is 6.54 Å². The predicted octanol–water partition coefficient (Wildman–Crippen LogP) is 3.56. The maximum absolute atomic E-state index is 10.8. The molecule has 0 spiro atoms. The quantitative estimate of drug-likeness (QED) is 0.673. The van der Waals surface area contributed by atoms with Crippen molar-refractivity contribution in [2.75, 3.05) is 17.6 Å². The van der Waals surface area contributed by atoms with Crippen molar-refractivity contribution < 1.29 is 4.92 Å². The number of hydrogen-bond donors (Lipinski definition) is 1. The molecular formula is C11H13ClN2O2S. The Labute approximate surface area is 109 Å². The molecule has 6 heteroatoms. The number of thioether (sulfide) groups is 1. The summed E-state index contributed by atoms with van der Waals surface area (Å²) in [6.07, 6.45) is 2.40. The van der Waals surface area contributed by atoms with Gasteiger partial charge in [-0.15, -0.1) is 0 Å². The van der Waals surface area contributed by atoms with Gasteiger partial charge in [0.15, 0.2) is 0 Å². The smallest absolute Gasteiger partial charge is 0.292 e. The van der Waals surface area contributed by atoms with E-state index in [-0.39, 0.29) is 10.6 Å². The molecule has 1 aromatic carbocycles. The molecule has 1 heterocycles. The number of hydrogen-bond acceptors (Lipinski definition) is 4. The second-order valence-corrected chi connectivity index (χ2v) is 5.78. The van der Waals surface area contributed by atoms with Crippen LogP contribution < -0.4 is 5.32 Å². The Balaban J connectivity index is 2.07. The minimum Gasteiger partial charge on any atom is -0.378 e. The highest BCUT2D eigenvalue weighted by atomic mass is 35.5. The van der Waals surface area contributed by atoms with Crippen LogP contribution >= 0.6 is 23.4 Å². The van der Waals surface area contributed by atoms with Gasteiger partial charge in [-0.1, -0.05) is 11.6 Å². The van der Waals surface area contributed by atoms with E-state index in [4.69, 9.17) is 11.6 Å². The van der Waals surface area contributed by atoms with E-state index >= 15 is 0 Å². The summed E-state index contributed by atoms with van der Waals surface area (Å²) in [5.74, 6) is 1.18. The Kier molecular flexibility index (Phi) is 4.12. The number of anilines is 1. The number of benzene rings is 1. The molecule has 0 aliphatic carbocycles. The van der Waals surface area contributed by atoms with Gasteiger partial charge in [0.2, 0.25) is 0 Å². The van der Waals surface area contributed by atoms with Gasteiger partial charge in [0, 0.05) is 22.9 Å². The first kappa shape index (κ1) is 12.5. The summed E-state index contributed by atoms with van der Waals surface area (Å²) < 4.78 is 0. The SMILES string of the molecule is O=[N+]([O-])c1ccc(Cl)cc1NCC1CCCS1. The van der Waals surface area contributed by atoms with Crippen LogP contribution in [-0.4, -0.2) is 22.5 Å². The Hall–Kier alpha value is -0.940. The normalized spacial score (nSPS) is 19.2. The van der Waals surface area contributed by atoms with Gasteiger partial charge in [-0.05, 0) is 30.7 Å². The van der Waals surface area contributed by atoms with Crippen LogP contribution in [-0.2, 0) is 0 Å². The summed E-state index contributed by atoms with van der Waals surface area (Å²) in [6.45, 7) is 0.756. The molecule has 1 atom stereocenters. The van der Waals surface area contributed by atoms with Crippen LogP contribution in [0.25, 0.3) is 0 Å². The average molecular weight is 273 g/mol. The topological polar surface area (TPSA) is 55.2 Å². The summed E-state index contributed by atoms with van der Waals surface area (Å²) >= 11 is 7.76. The van der Waals surface area contributed by atoms with Gasteiger partial charge in [-0.2, -0.15) is 11.8 Å². The molecule has 17 heavy (non-hydrogen) atoms. The van der Waals surface area contributed by atoms with Gasteiger partial charge in [-0.3, -0.25) is 10.1 Å². The fourth-order valence-electron chi connectivity index (χ4n) is 1.84. The lowest BCUT2D eigenvalue weighted by Crippen LogP contribution is -2.14. The summed E-state index contributed by atoms with van der Waals surface area (Å²) in [7, 11) is 0. The van der Waals surface area contributed by atoms with Gasteiger partial charge in [0.05, 0.1) is 4.92 Å². The van der Waals surface area contributed by atoms with E-state index in [9.17, 15) is 10.1 Å². The Morgan fingerprint density at radius 3 is 3.06 bits per heavy atom. The minimum atomic E-state index is -0.388. The van der Waals surface area contributed by atoms with Crippen LogP contribution in [0.15, 0.2) is 18.2 Å². The van der Waals surface area contributed by atoms with E-state index in [1.165, 1.54) is 30.7 Å². The molecule has 1 aromatic rings. The Bertz CT molecular complexity index is 422. The van der Waals surface area contributed by atoms with Crippen molar-refractivity contribution in [1.82, 2.24) is 0 Å². The fraction of sp³-hybridized carbons (Fsp3) is 0.455. The van der Waals surface area contributed by atoms with Gasteiger partial charge in [-0.25, -0.2) is 0 Å². The molecule has 1 N–H and O–H groups in total. The van der Waals surface area contributed by atoms with E-state index in [1.807, 2.05) is 11.8 Å². The zero-order chi connectivity index (χ0) is 12.3. The molecule has 1 aliphatic heterocycles. The van der Waals surface area contributed by atoms with Crippen molar-refractivity contribution in [2.24, 2.45) is 0 Å². The summed E-state index contributed by atoms with van der Waals surface area (Å²) in [5, 5.41) is 15.0. The average Bonchev–Trinajstić information content (AvgIpc) is 2.78. The molecule has 0 bridgehead atoms. The van der Waals surface area contributed by atoms with Gasteiger partial charge < -0.3 is 5.32 Å². The van der Waals surface area contributed by atoms with E-state index in [1.54, 1.807) is 6.07 Å². The zero-order valence-electron chi connectivity index (χ0n) is 9.19. The monoisotopic (exact) mass is 272 g/mol. The molecule has 0 saturated carbocycles. The van der Waals surface area contributed by atoms with Crippen LogP contribution in [0.4, 0.5) is 11.4 Å². The molecule has 4 nitrogen and oxygen atoms in total. The van der Waals surface area contributed by atoms with Crippen LogP contribution in [0, 0.1) is 10.1 Å². The first-order valence-electron chi connectivity index (χ1n) is 5.46. The first-order valence-corrected chi connectivity index (χ1v) is 6.89. The standard InChI is InChI=1S/C11H13ClN2O2S/c12-8-3-4-11(14(15)16)10(6-8)13-7-9-2-1-5-17-9/h3-4,6,9,13H,1-2,5,7H2. The fourth-order valence-corrected chi connectivity index (χ4v) is 3.21. The third kappa shape index (κ3) is 3.26. The molecule has 1 saturated heterocycles. The highest BCUT2D eigenvalue weighted by molar-refractivity contribution is 8.00. The van der Waals surface area contributed by atoms with E-state index < -0.39 is 0 Å². The lowest BCUT2D eigenvalue weighted by molar-refractivity contribution is -0.384. The molecule has 0 aromatic heterocycles. The van der Waals surface area contributed by atoms with E-state index in [0.29, 0.717) is 16.0 Å². The largest absolute Gasteiger partial charge is 0.378 e. The lowest BCUT2D eigenvalue weighted by atomic mass is 10.2. The second-order valence-electron chi connectivity index (χ2n) is 3.93. The third-order valence-electron chi connectivity index (χ3n) is 2.70. The van der Waals surface area contributed by atoms with Crippen LogP contribution in [0.5, 0.6) is 0 Å². The van der Waals surface area contributed by atoms with E-state index in [2.05, 4.69) is 5.32 Å². The highest BCUT2D eigenvalue weighted by Gasteiger charge is 2.18. The third-order valence-corrected chi connectivity index (χ3v) is 4.33. The Morgan fingerprint density at radius 2 is 2.41 bits per heavy atom. The van der Waals surface area contributed by atoms with Gasteiger partial charge in [0.1, 0.15) is 5.69 Å². The van der Waals surface area contributed by atoms with Crippen molar-refractivity contribution in [3.8, 4) is 0 Å². The predicted molar refractivity (Wildman–Crippen MR) is 72.1 cm³/mol. The first-order chi connectivity index (χ1) is 8.16. The highest BCUT2D eigenvalue weighted by Crippen LogP contribution is 2.30. The summed E-state index contributed by atoms with van der Waals surface area (Å²) in [4.78, 5) is 10.5. The van der Waals surface area contributed by atoms with Gasteiger partial charge >= 0.3 is 0 Å². The second kappa shape index (κ2) is 5.60.